The van der Waals surface area contributed by atoms with Gasteiger partial charge in [0.2, 0.25) is 0 Å². The number of nitrogens with zero attached hydrogens (tertiary/aromatic N) is 4. The molecular weight excluding hydrogens is 322 g/mol. The van der Waals surface area contributed by atoms with Gasteiger partial charge in [-0.3, -0.25) is 4.98 Å². The van der Waals surface area contributed by atoms with E-state index in [-0.39, 0.29) is 12.1 Å². The van der Waals surface area contributed by atoms with Gasteiger partial charge in [0.05, 0.1) is 29.5 Å². The number of imidazole rings is 1. The molecule has 3 aromatic heterocycles. The Morgan fingerprint density at radius 1 is 1.23 bits per heavy atom. The predicted octanol–water partition coefficient (Wildman–Crippen LogP) is 4.05. The molecule has 0 unspecified atom stereocenters. The largest absolute Gasteiger partial charge is 0.304 e. The van der Waals surface area contributed by atoms with Crippen molar-refractivity contribution in [3.63, 3.8) is 0 Å². The summed E-state index contributed by atoms with van der Waals surface area (Å²) >= 11 is 0. The summed E-state index contributed by atoms with van der Waals surface area (Å²) in [5.74, 6) is 0. The van der Waals surface area contributed by atoms with E-state index < -0.39 is 0 Å². The van der Waals surface area contributed by atoms with Gasteiger partial charge in [0, 0.05) is 30.9 Å². The van der Waals surface area contributed by atoms with E-state index >= 15 is 0 Å². The monoisotopic (exact) mass is 345 g/mol. The fourth-order valence-electron chi connectivity index (χ4n) is 3.89. The van der Waals surface area contributed by atoms with Crippen molar-refractivity contribution in [2.24, 2.45) is 0 Å². The second-order valence-corrected chi connectivity index (χ2v) is 6.98. The van der Waals surface area contributed by atoms with Gasteiger partial charge in [0.25, 0.3) is 0 Å². The Morgan fingerprint density at radius 3 is 2.96 bits per heavy atom. The normalized spacial score (nSPS) is 20.2. The summed E-state index contributed by atoms with van der Waals surface area (Å²) in [5.41, 5.74) is 5.55. The van der Waals surface area contributed by atoms with Gasteiger partial charge in [0.1, 0.15) is 5.65 Å². The van der Waals surface area contributed by atoms with Crippen molar-refractivity contribution < 1.29 is 0 Å². The van der Waals surface area contributed by atoms with E-state index in [2.05, 4.69) is 46.0 Å². The zero-order chi connectivity index (χ0) is 17.9. The molecule has 0 amide bonds. The van der Waals surface area contributed by atoms with Crippen LogP contribution in [0.1, 0.15) is 60.4 Å². The Hall–Kier alpha value is -2.71. The van der Waals surface area contributed by atoms with Crippen LogP contribution in [0.25, 0.3) is 5.65 Å². The molecule has 2 atom stereocenters. The first-order valence-electron chi connectivity index (χ1n) is 9.27. The van der Waals surface area contributed by atoms with Crippen LogP contribution in [-0.4, -0.2) is 14.4 Å². The van der Waals surface area contributed by atoms with Crippen molar-refractivity contribution in [3.8, 4) is 6.07 Å². The predicted molar refractivity (Wildman–Crippen MR) is 101 cm³/mol. The third kappa shape index (κ3) is 3.21. The van der Waals surface area contributed by atoms with E-state index in [0.717, 1.165) is 48.4 Å². The Morgan fingerprint density at radius 2 is 2.12 bits per heavy atom. The lowest BCUT2D eigenvalue weighted by Gasteiger charge is -2.30. The molecule has 0 aromatic carbocycles. The maximum atomic E-state index is 8.88. The lowest BCUT2D eigenvalue weighted by molar-refractivity contribution is 0.321. The van der Waals surface area contributed by atoms with Gasteiger partial charge < -0.3 is 9.72 Å². The van der Waals surface area contributed by atoms with E-state index in [9.17, 15) is 0 Å². The van der Waals surface area contributed by atoms with Crippen molar-refractivity contribution in [1.82, 2.24) is 19.7 Å². The van der Waals surface area contributed by atoms with Crippen molar-refractivity contribution in [1.29, 1.82) is 5.26 Å². The number of hydrogen-bond donors (Lipinski definition) is 1. The number of rotatable bonds is 4. The van der Waals surface area contributed by atoms with E-state index in [1.54, 1.807) is 0 Å². The summed E-state index contributed by atoms with van der Waals surface area (Å²) < 4.78 is 2.13. The van der Waals surface area contributed by atoms with E-state index in [4.69, 9.17) is 10.2 Å². The molecule has 0 aliphatic carbocycles. The third-order valence-electron chi connectivity index (χ3n) is 5.21. The third-order valence-corrected chi connectivity index (χ3v) is 5.21. The molecule has 1 N–H and O–H groups in total. The molecule has 4 rings (SSSR count). The van der Waals surface area contributed by atoms with Crippen LogP contribution in [0.15, 0.2) is 42.7 Å². The van der Waals surface area contributed by atoms with Gasteiger partial charge >= 0.3 is 0 Å². The number of hydrogen-bond acceptors (Lipinski definition) is 4. The summed E-state index contributed by atoms with van der Waals surface area (Å²) in [6.07, 6.45) is 8.63. The minimum Gasteiger partial charge on any atom is -0.304 e. The highest BCUT2D eigenvalue weighted by Crippen LogP contribution is 2.32. The Kier molecular flexibility index (Phi) is 4.68. The number of aromatic nitrogens is 3. The number of piperidine rings is 1. The van der Waals surface area contributed by atoms with Gasteiger partial charge in [-0.2, -0.15) is 5.26 Å². The van der Waals surface area contributed by atoms with Crippen LogP contribution >= 0.6 is 0 Å². The smallest absolute Gasteiger partial charge is 0.137 e. The fraction of sp³-hybridized carbons (Fsp3) is 0.381. The molecular formula is C21H23N5. The van der Waals surface area contributed by atoms with Gasteiger partial charge in [-0.25, -0.2) is 4.98 Å². The second kappa shape index (κ2) is 7.27. The van der Waals surface area contributed by atoms with Crippen LogP contribution in [0.5, 0.6) is 0 Å². The standard InChI is InChI=1S/C21H23N5/c1-15-6-5-13-23-21(15)18-10-3-9-17(24-18)19-14-26-16(8-4-12-22)7-2-11-20(26)25-19/h2,5-7,11,13-14,17-18,24H,3-4,8-10H2,1H3/t17-,18+/m1/s1. The van der Waals surface area contributed by atoms with Gasteiger partial charge in [-0.1, -0.05) is 12.1 Å². The van der Waals surface area contributed by atoms with Crippen molar-refractivity contribution in [3.05, 3.63) is 65.4 Å². The molecule has 0 saturated carbocycles. The van der Waals surface area contributed by atoms with Gasteiger partial charge in [-0.05, 0) is 49.9 Å². The maximum Gasteiger partial charge on any atom is 0.137 e. The zero-order valence-corrected chi connectivity index (χ0v) is 15.0. The Balaban J connectivity index is 1.61. The average Bonchev–Trinajstić information content (AvgIpc) is 3.12. The van der Waals surface area contributed by atoms with Crippen molar-refractivity contribution >= 4 is 5.65 Å². The van der Waals surface area contributed by atoms with E-state index in [1.807, 2.05) is 24.4 Å². The first-order valence-corrected chi connectivity index (χ1v) is 9.27. The molecule has 4 heterocycles. The first kappa shape index (κ1) is 16.7. The molecule has 5 nitrogen and oxygen atoms in total. The number of nitriles is 1. The Labute approximate surface area is 153 Å². The molecule has 1 saturated heterocycles. The van der Waals surface area contributed by atoms with Crippen LogP contribution in [0, 0.1) is 18.3 Å². The number of nitrogens with one attached hydrogen (secondary N) is 1. The van der Waals surface area contributed by atoms with E-state index in [0.29, 0.717) is 6.42 Å². The minimum absolute atomic E-state index is 0.235. The molecule has 1 fully saturated rings. The van der Waals surface area contributed by atoms with Crippen LogP contribution in [0.2, 0.25) is 0 Å². The maximum absolute atomic E-state index is 8.88. The first-order chi connectivity index (χ1) is 12.8. The van der Waals surface area contributed by atoms with Gasteiger partial charge in [0.15, 0.2) is 0 Å². The zero-order valence-electron chi connectivity index (χ0n) is 15.0. The topological polar surface area (TPSA) is 66.0 Å². The quantitative estimate of drug-likeness (QED) is 0.775. The van der Waals surface area contributed by atoms with Crippen LogP contribution in [-0.2, 0) is 6.42 Å². The summed E-state index contributed by atoms with van der Waals surface area (Å²) in [5, 5.41) is 12.6. The fourth-order valence-corrected chi connectivity index (χ4v) is 3.89. The molecule has 132 valence electrons. The molecule has 3 aromatic rings. The average molecular weight is 345 g/mol. The minimum atomic E-state index is 0.235. The van der Waals surface area contributed by atoms with Gasteiger partial charge in [-0.15, -0.1) is 0 Å². The number of aryl methyl sites for hydroxylation is 2. The Bertz CT molecular complexity index is 952. The van der Waals surface area contributed by atoms with E-state index in [1.165, 1.54) is 5.56 Å². The molecule has 0 bridgehead atoms. The molecule has 1 aliphatic heterocycles. The summed E-state index contributed by atoms with van der Waals surface area (Å²) in [4.78, 5) is 9.45. The highest BCUT2D eigenvalue weighted by molar-refractivity contribution is 5.42. The molecule has 5 heteroatoms. The second-order valence-electron chi connectivity index (χ2n) is 6.98. The van der Waals surface area contributed by atoms with Crippen LogP contribution in [0.4, 0.5) is 0 Å². The lowest BCUT2D eigenvalue weighted by Crippen LogP contribution is -2.32. The number of fused-ring (bicyclic) bond motifs is 1. The SMILES string of the molecule is Cc1cccnc1[C@@H]1CCC[C@H](c2cn3c(CCC#N)cccc3n2)N1. The molecule has 26 heavy (non-hydrogen) atoms. The van der Waals surface area contributed by atoms with Crippen LogP contribution in [0.3, 0.4) is 0 Å². The van der Waals surface area contributed by atoms with Crippen LogP contribution < -0.4 is 5.32 Å². The molecule has 0 radical (unpaired) electrons. The summed E-state index contributed by atoms with van der Waals surface area (Å²) in [7, 11) is 0. The van der Waals surface area contributed by atoms with Crippen molar-refractivity contribution in [2.45, 2.75) is 51.1 Å². The highest BCUT2D eigenvalue weighted by Gasteiger charge is 2.26. The molecule has 1 aliphatic rings. The number of pyridine rings is 2. The lowest BCUT2D eigenvalue weighted by atomic mass is 9.93. The summed E-state index contributed by atoms with van der Waals surface area (Å²) in [6.45, 7) is 2.13. The van der Waals surface area contributed by atoms with Crippen molar-refractivity contribution in [2.75, 3.05) is 0 Å². The summed E-state index contributed by atoms with van der Waals surface area (Å²) in [6, 6.07) is 13.0. The molecule has 0 spiro atoms. The highest BCUT2D eigenvalue weighted by atomic mass is 15.1.